The van der Waals surface area contributed by atoms with Crippen molar-refractivity contribution in [3.05, 3.63) is 48.0 Å². The van der Waals surface area contributed by atoms with Crippen LogP contribution in [0.1, 0.15) is 32.3 Å². The highest BCUT2D eigenvalue weighted by Gasteiger charge is 2.20. The fourth-order valence-electron chi connectivity index (χ4n) is 2.13. The predicted octanol–water partition coefficient (Wildman–Crippen LogP) is 3.21. The SMILES string of the molecule is CCC[C@@H](O)C#C[C@@](C)(O)c1ccc2ccccc2c1. The van der Waals surface area contributed by atoms with Crippen molar-refractivity contribution >= 4 is 10.8 Å². The molecule has 0 fully saturated rings. The fourth-order valence-corrected chi connectivity index (χ4v) is 2.13. The molecule has 0 radical (unpaired) electrons. The van der Waals surface area contributed by atoms with Crippen molar-refractivity contribution in [2.75, 3.05) is 0 Å². The summed E-state index contributed by atoms with van der Waals surface area (Å²) in [6, 6.07) is 13.8. The maximum atomic E-state index is 10.5. The molecule has 2 heteroatoms. The number of fused-ring (bicyclic) bond motifs is 1. The van der Waals surface area contributed by atoms with E-state index in [4.69, 9.17) is 0 Å². The first kappa shape index (κ1) is 14.6. The van der Waals surface area contributed by atoms with Crippen LogP contribution >= 0.6 is 0 Å². The molecule has 0 bridgehead atoms. The number of benzene rings is 2. The Morgan fingerprint density at radius 2 is 1.85 bits per heavy atom. The Bertz CT molecular complexity index is 647. The first-order valence-electron chi connectivity index (χ1n) is 6.95. The molecule has 0 unspecified atom stereocenters. The third kappa shape index (κ3) is 3.39. The van der Waals surface area contributed by atoms with E-state index in [-0.39, 0.29) is 0 Å². The largest absolute Gasteiger partial charge is 0.380 e. The van der Waals surface area contributed by atoms with Crippen molar-refractivity contribution in [2.45, 2.75) is 38.4 Å². The third-order valence-corrected chi connectivity index (χ3v) is 3.36. The molecule has 0 saturated heterocycles. The summed E-state index contributed by atoms with van der Waals surface area (Å²) in [4.78, 5) is 0. The van der Waals surface area contributed by atoms with Crippen LogP contribution in [-0.4, -0.2) is 16.3 Å². The van der Waals surface area contributed by atoms with Gasteiger partial charge in [0.15, 0.2) is 0 Å². The van der Waals surface area contributed by atoms with Gasteiger partial charge < -0.3 is 10.2 Å². The summed E-state index contributed by atoms with van der Waals surface area (Å²) in [6.07, 6.45) is 0.821. The zero-order valence-corrected chi connectivity index (χ0v) is 11.9. The maximum Gasteiger partial charge on any atom is 0.148 e. The quantitative estimate of drug-likeness (QED) is 0.839. The van der Waals surface area contributed by atoms with Gasteiger partial charge in [-0.3, -0.25) is 0 Å². The lowest BCUT2D eigenvalue weighted by molar-refractivity contribution is 0.121. The summed E-state index contributed by atoms with van der Waals surface area (Å²) in [5.41, 5.74) is -0.508. The molecule has 2 nitrogen and oxygen atoms in total. The molecule has 0 aliphatic heterocycles. The number of rotatable bonds is 3. The Hall–Kier alpha value is -1.82. The average Bonchev–Trinajstić information content (AvgIpc) is 2.45. The summed E-state index contributed by atoms with van der Waals surface area (Å²) in [5, 5.41) is 22.3. The first-order chi connectivity index (χ1) is 9.53. The van der Waals surface area contributed by atoms with Crippen molar-refractivity contribution in [3.63, 3.8) is 0 Å². The second-order valence-corrected chi connectivity index (χ2v) is 5.21. The Kier molecular flexibility index (Phi) is 4.44. The van der Waals surface area contributed by atoms with Crippen LogP contribution in [0.4, 0.5) is 0 Å². The van der Waals surface area contributed by atoms with Gasteiger partial charge in [0.1, 0.15) is 11.7 Å². The molecule has 20 heavy (non-hydrogen) atoms. The third-order valence-electron chi connectivity index (χ3n) is 3.36. The number of hydrogen-bond donors (Lipinski definition) is 2. The minimum atomic E-state index is -1.25. The van der Waals surface area contributed by atoms with Gasteiger partial charge in [-0.2, -0.15) is 0 Å². The lowest BCUT2D eigenvalue weighted by atomic mass is 9.94. The van der Waals surface area contributed by atoms with Crippen molar-refractivity contribution in [1.82, 2.24) is 0 Å². The first-order valence-corrected chi connectivity index (χ1v) is 6.95. The molecular weight excluding hydrogens is 248 g/mol. The maximum absolute atomic E-state index is 10.5. The van der Waals surface area contributed by atoms with E-state index in [1.165, 1.54) is 0 Å². The van der Waals surface area contributed by atoms with Crippen molar-refractivity contribution in [2.24, 2.45) is 0 Å². The standard InChI is InChI=1S/C18H20O2/c1-3-6-17(19)11-12-18(2,20)16-10-9-14-7-4-5-8-15(14)13-16/h4-5,7-10,13,17,19-20H,3,6H2,1-2H3/t17-,18-/m1/s1. The van der Waals surface area contributed by atoms with Crippen molar-refractivity contribution in [3.8, 4) is 11.8 Å². The van der Waals surface area contributed by atoms with E-state index in [0.29, 0.717) is 6.42 Å². The molecule has 0 aliphatic rings. The van der Waals surface area contributed by atoms with Crippen LogP contribution in [0.5, 0.6) is 0 Å². The Morgan fingerprint density at radius 1 is 1.15 bits per heavy atom. The smallest absolute Gasteiger partial charge is 0.148 e. The van der Waals surface area contributed by atoms with Crippen LogP contribution in [0.3, 0.4) is 0 Å². The summed E-state index contributed by atoms with van der Waals surface area (Å²) in [5.74, 6) is 5.51. The predicted molar refractivity (Wildman–Crippen MR) is 82.2 cm³/mol. The zero-order valence-electron chi connectivity index (χ0n) is 11.9. The van der Waals surface area contributed by atoms with E-state index in [9.17, 15) is 10.2 Å². The Morgan fingerprint density at radius 3 is 2.55 bits per heavy atom. The number of hydrogen-bond acceptors (Lipinski definition) is 2. The molecule has 0 spiro atoms. The minimum Gasteiger partial charge on any atom is -0.380 e. The second-order valence-electron chi connectivity index (χ2n) is 5.21. The topological polar surface area (TPSA) is 40.5 Å². The van der Waals surface area contributed by atoms with Gasteiger partial charge in [0.25, 0.3) is 0 Å². The molecule has 2 aromatic carbocycles. The number of aliphatic hydroxyl groups excluding tert-OH is 1. The molecule has 2 aromatic rings. The number of aliphatic hydroxyl groups is 2. The molecule has 104 valence electrons. The van der Waals surface area contributed by atoms with E-state index in [2.05, 4.69) is 11.8 Å². The highest BCUT2D eigenvalue weighted by molar-refractivity contribution is 5.83. The van der Waals surface area contributed by atoms with Crippen LogP contribution < -0.4 is 0 Å². The van der Waals surface area contributed by atoms with Crippen molar-refractivity contribution in [1.29, 1.82) is 0 Å². The Balaban J connectivity index is 2.31. The molecule has 2 N–H and O–H groups in total. The van der Waals surface area contributed by atoms with E-state index in [1.807, 2.05) is 49.4 Å². The summed E-state index contributed by atoms with van der Waals surface area (Å²) in [7, 11) is 0. The molecule has 0 amide bonds. The zero-order chi connectivity index (χ0) is 14.6. The monoisotopic (exact) mass is 268 g/mol. The normalized spacial score (nSPS) is 15.2. The van der Waals surface area contributed by atoms with E-state index >= 15 is 0 Å². The molecule has 0 saturated carbocycles. The molecule has 0 aliphatic carbocycles. The van der Waals surface area contributed by atoms with Gasteiger partial charge >= 0.3 is 0 Å². The van der Waals surface area contributed by atoms with E-state index in [1.54, 1.807) is 6.92 Å². The molecule has 2 atom stereocenters. The summed E-state index contributed by atoms with van der Waals surface area (Å²) in [6.45, 7) is 3.65. The van der Waals surface area contributed by atoms with Gasteiger partial charge in [0.2, 0.25) is 0 Å². The van der Waals surface area contributed by atoms with Gasteiger partial charge in [0.05, 0.1) is 0 Å². The summed E-state index contributed by atoms with van der Waals surface area (Å²) < 4.78 is 0. The lowest BCUT2D eigenvalue weighted by Gasteiger charge is -2.18. The lowest BCUT2D eigenvalue weighted by Crippen LogP contribution is -2.19. The van der Waals surface area contributed by atoms with Crippen LogP contribution in [-0.2, 0) is 5.60 Å². The van der Waals surface area contributed by atoms with Crippen LogP contribution in [0.25, 0.3) is 10.8 Å². The highest BCUT2D eigenvalue weighted by Crippen LogP contribution is 2.24. The second kappa shape index (κ2) is 6.09. The fraction of sp³-hybridized carbons (Fsp3) is 0.333. The van der Waals surface area contributed by atoms with Gasteiger partial charge in [-0.25, -0.2) is 0 Å². The molecule has 2 rings (SSSR count). The van der Waals surface area contributed by atoms with Gasteiger partial charge in [-0.15, -0.1) is 0 Å². The van der Waals surface area contributed by atoms with E-state index in [0.717, 1.165) is 22.8 Å². The van der Waals surface area contributed by atoms with Crippen LogP contribution in [0, 0.1) is 11.8 Å². The van der Waals surface area contributed by atoms with Gasteiger partial charge in [-0.1, -0.05) is 61.6 Å². The summed E-state index contributed by atoms with van der Waals surface area (Å²) >= 11 is 0. The highest BCUT2D eigenvalue weighted by atomic mass is 16.3. The Labute approximate surface area is 120 Å². The minimum absolute atomic E-state index is 0.626. The molecular formula is C18H20O2. The average molecular weight is 268 g/mol. The molecule has 0 heterocycles. The van der Waals surface area contributed by atoms with Gasteiger partial charge in [-0.05, 0) is 35.7 Å². The van der Waals surface area contributed by atoms with E-state index < -0.39 is 11.7 Å². The van der Waals surface area contributed by atoms with Crippen LogP contribution in [0.15, 0.2) is 42.5 Å². The molecule has 0 aromatic heterocycles. The van der Waals surface area contributed by atoms with Crippen LogP contribution in [0.2, 0.25) is 0 Å². The van der Waals surface area contributed by atoms with Crippen molar-refractivity contribution < 1.29 is 10.2 Å². The van der Waals surface area contributed by atoms with Gasteiger partial charge in [0, 0.05) is 0 Å².